The maximum atomic E-state index is 13.2. The van der Waals surface area contributed by atoms with Crippen LogP contribution in [0, 0.1) is 11.6 Å². The Bertz CT molecular complexity index is 462. The van der Waals surface area contributed by atoms with Gasteiger partial charge < -0.3 is 4.74 Å². The van der Waals surface area contributed by atoms with Crippen LogP contribution >= 0.6 is 0 Å². The second kappa shape index (κ2) is 5.33. The van der Waals surface area contributed by atoms with Crippen LogP contribution in [0.2, 0.25) is 0 Å². The van der Waals surface area contributed by atoms with Gasteiger partial charge in [-0.1, -0.05) is 0 Å². The summed E-state index contributed by atoms with van der Waals surface area (Å²) in [7, 11) is -2.54. The zero-order chi connectivity index (χ0) is 12.2. The second-order valence-corrected chi connectivity index (χ2v) is 4.70. The highest BCUT2D eigenvalue weighted by Crippen LogP contribution is 2.14. The van der Waals surface area contributed by atoms with Crippen LogP contribution in [0.4, 0.5) is 8.78 Å². The van der Waals surface area contributed by atoms with Gasteiger partial charge in [0, 0.05) is 19.7 Å². The van der Waals surface area contributed by atoms with E-state index in [0.717, 1.165) is 12.1 Å². The summed E-state index contributed by atoms with van der Waals surface area (Å²) in [5.41, 5.74) is 0. The van der Waals surface area contributed by atoms with E-state index in [1.54, 1.807) is 0 Å². The summed E-state index contributed by atoms with van der Waals surface area (Å²) in [6.07, 6.45) is 0. The van der Waals surface area contributed by atoms with Gasteiger partial charge in [0.25, 0.3) is 0 Å². The van der Waals surface area contributed by atoms with Gasteiger partial charge in [-0.15, -0.1) is 0 Å². The lowest BCUT2D eigenvalue weighted by Crippen LogP contribution is -2.27. The third-order valence-electron chi connectivity index (χ3n) is 1.78. The molecule has 0 aliphatic rings. The van der Waals surface area contributed by atoms with Gasteiger partial charge >= 0.3 is 0 Å². The first kappa shape index (κ1) is 13.0. The highest BCUT2D eigenvalue weighted by atomic mass is 32.2. The Hall–Kier alpha value is -1.05. The van der Waals surface area contributed by atoms with E-state index in [0.29, 0.717) is 6.07 Å². The summed E-state index contributed by atoms with van der Waals surface area (Å²) >= 11 is 0. The largest absolute Gasteiger partial charge is 0.383 e. The number of methoxy groups -OCH3 is 1. The Morgan fingerprint density at radius 3 is 2.62 bits per heavy atom. The van der Waals surface area contributed by atoms with Crippen molar-refractivity contribution in [3.05, 3.63) is 29.8 Å². The predicted molar refractivity (Wildman–Crippen MR) is 53.4 cm³/mol. The molecule has 16 heavy (non-hydrogen) atoms. The molecule has 0 aliphatic heterocycles. The average molecular weight is 251 g/mol. The Morgan fingerprint density at radius 1 is 1.38 bits per heavy atom. The maximum absolute atomic E-state index is 13.2. The minimum Gasteiger partial charge on any atom is -0.383 e. The molecular weight excluding hydrogens is 240 g/mol. The van der Waals surface area contributed by atoms with Crippen molar-refractivity contribution in [2.45, 2.75) is 4.90 Å². The lowest BCUT2D eigenvalue weighted by atomic mass is 10.3. The molecular formula is C9H11F2NO3S. The van der Waals surface area contributed by atoms with Crippen molar-refractivity contribution in [2.75, 3.05) is 20.3 Å². The van der Waals surface area contributed by atoms with E-state index in [1.807, 2.05) is 0 Å². The van der Waals surface area contributed by atoms with E-state index in [4.69, 9.17) is 0 Å². The lowest BCUT2D eigenvalue weighted by molar-refractivity contribution is 0.204. The van der Waals surface area contributed by atoms with Gasteiger partial charge in [0.2, 0.25) is 10.0 Å². The predicted octanol–water partition coefficient (Wildman–Crippen LogP) is 0.889. The van der Waals surface area contributed by atoms with Gasteiger partial charge in [0.05, 0.1) is 6.61 Å². The minimum atomic E-state index is -3.95. The number of rotatable bonds is 5. The first-order chi connectivity index (χ1) is 7.47. The summed E-state index contributed by atoms with van der Waals surface area (Å²) in [5.74, 6) is -1.95. The molecule has 0 saturated heterocycles. The summed E-state index contributed by atoms with van der Waals surface area (Å²) in [5, 5.41) is 0. The fourth-order valence-electron chi connectivity index (χ4n) is 1.05. The number of nitrogens with one attached hydrogen (secondary N) is 1. The molecule has 0 aliphatic carbocycles. The van der Waals surface area contributed by atoms with E-state index >= 15 is 0 Å². The molecule has 0 heterocycles. The van der Waals surface area contributed by atoms with Crippen molar-refractivity contribution >= 4 is 10.0 Å². The van der Waals surface area contributed by atoms with Gasteiger partial charge in [-0.05, 0) is 12.1 Å². The van der Waals surface area contributed by atoms with Gasteiger partial charge in [-0.3, -0.25) is 0 Å². The fraction of sp³-hybridized carbons (Fsp3) is 0.333. The molecule has 0 fully saturated rings. The van der Waals surface area contributed by atoms with E-state index < -0.39 is 26.6 Å². The molecule has 1 rings (SSSR count). The van der Waals surface area contributed by atoms with Gasteiger partial charge in [-0.2, -0.15) is 0 Å². The van der Waals surface area contributed by atoms with Crippen molar-refractivity contribution in [3.63, 3.8) is 0 Å². The van der Waals surface area contributed by atoms with Crippen LogP contribution in [-0.4, -0.2) is 28.7 Å². The number of ether oxygens (including phenoxy) is 1. The van der Waals surface area contributed by atoms with Gasteiger partial charge in [0.15, 0.2) is 0 Å². The third kappa shape index (κ3) is 3.22. The number of hydrogen-bond donors (Lipinski definition) is 1. The number of sulfonamides is 1. The molecule has 0 aromatic heterocycles. The molecule has 1 aromatic rings. The molecule has 0 saturated carbocycles. The van der Waals surface area contributed by atoms with Crippen molar-refractivity contribution in [1.82, 2.24) is 4.72 Å². The molecule has 0 bridgehead atoms. The van der Waals surface area contributed by atoms with E-state index in [2.05, 4.69) is 9.46 Å². The zero-order valence-electron chi connectivity index (χ0n) is 8.54. The Labute approximate surface area is 92.3 Å². The van der Waals surface area contributed by atoms with Crippen LogP contribution in [0.1, 0.15) is 0 Å². The maximum Gasteiger partial charge on any atom is 0.243 e. The molecule has 7 heteroatoms. The third-order valence-corrected chi connectivity index (χ3v) is 3.28. The van der Waals surface area contributed by atoms with Crippen LogP contribution in [0.15, 0.2) is 23.1 Å². The molecule has 4 nitrogen and oxygen atoms in total. The topological polar surface area (TPSA) is 55.4 Å². The second-order valence-electron chi connectivity index (χ2n) is 2.97. The first-order valence-electron chi connectivity index (χ1n) is 4.41. The zero-order valence-corrected chi connectivity index (χ0v) is 9.35. The van der Waals surface area contributed by atoms with Crippen LogP contribution in [0.25, 0.3) is 0 Å². The van der Waals surface area contributed by atoms with Crippen molar-refractivity contribution < 1.29 is 21.9 Å². The first-order valence-corrected chi connectivity index (χ1v) is 5.89. The van der Waals surface area contributed by atoms with E-state index in [1.165, 1.54) is 7.11 Å². The Kier molecular flexibility index (Phi) is 4.34. The molecule has 90 valence electrons. The Balaban J connectivity index is 2.90. The van der Waals surface area contributed by atoms with E-state index in [9.17, 15) is 17.2 Å². The number of halogens is 2. The molecule has 0 atom stereocenters. The van der Waals surface area contributed by atoms with Crippen LogP contribution in [0.3, 0.4) is 0 Å². The summed E-state index contributed by atoms with van der Waals surface area (Å²) in [4.78, 5) is -0.579. The monoisotopic (exact) mass is 251 g/mol. The molecule has 1 aromatic carbocycles. The summed E-state index contributed by atoms with van der Waals surface area (Å²) in [6.45, 7) is 0.192. The number of hydrogen-bond acceptors (Lipinski definition) is 3. The number of benzene rings is 1. The van der Waals surface area contributed by atoms with Crippen LogP contribution in [-0.2, 0) is 14.8 Å². The average Bonchev–Trinajstić information content (AvgIpc) is 2.17. The highest BCUT2D eigenvalue weighted by Gasteiger charge is 2.18. The summed E-state index contributed by atoms with van der Waals surface area (Å²) in [6, 6.07) is 2.28. The molecule has 1 N–H and O–H groups in total. The minimum absolute atomic E-state index is 0.0235. The molecule has 0 radical (unpaired) electrons. The van der Waals surface area contributed by atoms with Crippen LogP contribution in [0.5, 0.6) is 0 Å². The Morgan fingerprint density at radius 2 is 2.06 bits per heavy atom. The van der Waals surface area contributed by atoms with Crippen molar-refractivity contribution in [2.24, 2.45) is 0 Å². The SMILES string of the molecule is COCCNS(=O)(=O)c1ccc(F)cc1F. The summed E-state index contributed by atoms with van der Waals surface area (Å²) < 4.78 is 55.5. The smallest absolute Gasteiger partial charge is 0.243 e. The highest BCUT2D eigenvalue weighted by molar-refractivity contribution is 7.89. The van der Waals surface area contributed by atoms with Gasteiger partial charge in [0.1, 0.15) is 16.5 Å². The quantitative estimate of drug-likeness (QED) is 0.791. The van der Waals surface area contributed by atoms with E-state index in [-0.39, 0.29) is 13.2 Å². The van der Waals surface area contributed by atoms with Crippen molar-refractivity contribution in [3.8, 4) is 0 Å². The normalized spacial score (nSPS) is 11.7. The van der Waals surface area contributed by atoms with Gasteiger partial charge in [-0.25, -0.2) is 21.9 Å². The van der Waals surface area contributed by atoms with Crippen molar-refractivity contribution in [1.29, 1.82) is 0 Å². The molecule has 0 unspecified atom stereocenters. The molecule has 0 spiro atoms. The lowest BCUT2D eigenvalue weighted by Gasteiger charge is -2.06. The molecule has 0 amide bonds. The standard InChI is InChI=1S/C9H11F2NO3S/c1-15-5-4-12-16(13,14)9-3-2-7(10)6-8(9)11/h2-3,6,12H,4-5H2,1H3. The fourth-order valence-corrected chi connectivity index (χ4v) is 2.12. The van der Waals surface area contributed by atoms with Crippen LogP contribution < -0.4 is 4.72 Å².